The molecule has 0 saturated carbocycles. The van der Waals surface area contributed by atoms with Crippen molar-refractivity contribution < 1.29 is 28.5 Å². The average molecular weight is 365 g/mol. The summed E-state index contributed by atoms with van der Waals surface area (Å²) in [5, 5.41) is 0. The van der Waals surface area contributed by atoms with E-state index in [0.717, 1.165) is 11.4 Å². The zero-order chi connectivity index (χ0) is 18.8. The molecule has 2 aliphatic rings. The molecular weight excluding hydrogens is 338 g/mol. The fraction of sp³-hybridized carbons (Fsp3) is 0.632. The van der Waals surface area contributed by atoms with Gasteiger partial charge >= 0.3 is 6.09 Å². The van der Waals surface area contributed by atoms with E-state index in [1.165, 1.54) is 0 Å². The molecule has 2 heterocycles. The van der Waals surface area contributed by atoms with Crippen molar-refractivity contribution >= 4 is 11.8 Å². The molecule has 2 atom stereocenters. The minimum atomic E-state index is -0.612. The number of hydrogen-bond donors (Lipinski definition) is 0. The number of rotatable bonds is 7. The Morgan fingerprint density at radius 2 is 1.96 bits per heavy atom. The lowest BCUT2D eigenvalue weighted by atomic mass is 10.1. The van der Waals surface area contributed by atoms with Crippen LogP contribution in [-0.4, -0.2) is 57.1 Å². The van der Waals surface area contributed by atoms with Crippen LogP contribution in [0, 0.1) is 0 Å². The first-order valence-corrected chi connectivity index (χ1v) is 8.84. The first kappa shape index (κ1) is 18.9. The fourth-order valence-electron chi connectivity index (χ4n) is 3.17. The SMILES string of the molecule is COC[C@H]1CN(c2ccc(OCCC3(C)OCC(C)(C)O3)cc2)C(=O)O1. The molecule has 2 saturated heterocycles. The maximum absolute atomic E-state index is 11.9. The molecule has 1 amide bonds. The van der Waals surface area contributed by atoms with Gasteiger partial charge in [-0.15, -0.1) is 0 Å². The van der Waals surface area contributed by atoms with Gasteiger partial charge in [-0.25, -0.2) is 4.79 Å². The van der Waals surface area contributed by atoms with Crippen LogP contribution in [0.5, 0.6) is 5.75 Å². The molecule has 7 nitrogen and oxygen atoms in total. The number of ether oxygens (including phenoxy) is 5. The van der Waals surface area contributed by atoms with Crippen LogP contribution < -0.4 is 9.64 Å². The van der Waals surface area contributed by atoms with Crippen molar-refractivity contribution in [2.24, 2.45) is 0 Å². The molecule has 3 rings (SSSR count). The second kappa shape index (κ2) is 7.42. The van der Waals surface area contributed by atoms with Gasteiger partial charge in [0.1, 0.15) is 11.9 Å². The Morgan fingerprint density at radius 1 is 1.23 bits per heavy atom. The maximum Gasteiger partial charge on any atom is 0.414 e. The predicted molar refractivity (Wildman–Crippen MR) is 95.6 cm³/mol. The molecule has 1 aromatic rings. The van der Waals surface area contributed by atoms with Crippen LogP contribution in [0.2, 0.25) is 0 Å². The standard InChI is InChI=1S/C19H27NO6/c1-18(2)13-24-19(3,26-18)9-10-23-15-7-5-14(6-8-15)20-11-16(12-22-4)25-17(20)21/h5-8,16H,9-13H2,1-4H3/t16-,19?/m1/s1. The molecule has 2 fully saturated rings. The highest BCUT2D eigenvalue weighted by Gasteiger charge is 2.41. The summed E-state index contributed by atoms with van der Waals surface area (Å²) < 4.78 is 27.8. The highest BCUT2D eigenvalue weighted by Crippen LogP contribution is 2.33. The molecule has 0 aromatic heterocycles. The molecule has 0 spiro atoms. The molecule has 2 aliphatic heterocycles. The number of amides is 1. The van der Waals surface area contributed by atoms with Gasteiger partial charge in [0, 0.05) is 19.2 Å². The minimum Gasteiger partial charge on any atom is -0.493 e. The maximum atomic E-state index is 11.9. The summed E-state index contributed by atoms with van der Waals surface area (Å²) in [4.78, 5) is 13.5. The van der Waals surface area contributed by atoms with Crippen molar-refractivity contribution in [3.63, 3.8) is 0 Å². The second-order valence-electron chi connectivity index (χ2n) is 7.45. The molecule has 7 heteroatoms. The third kappa shape index (κ3) is 4.47. The number of hydrogen-bond acceptors (Lipinski definition) is 6. The number of carbonyl (C=O) groups is 1. The largest absolute Gasteiger partial charge is 0.493 e. The Bertz CT molecular complexity index is 631. The first-order valence-electron chi connectivity index (χ1n) is 8.84. The van der Waals surface area contributed by atoms with Gasteiger partial charge in [-0.1, -0.05) is 0 Å². The van der Waals surface area contributed by atoms with Gasteiger partial charge in [0.05, 0.1) is 32.0 Å². The van der Waals surface area contributed by atoms with E-state index in [9.17, 15) is 4.79 Å². The van der Waals surface area contributed by atoms with Gasteiger partial charge in [-0.2, -0.15) is 0 Å². The Kier molecular flexibility index (Phi) is 5.41. The number of nitrogens with zero attached hydrogens (tertiary/aromatic N) is 1. The van der Waals surface area contributed by atoms with Crippen molar-refractivity contribution in [2.45, 2.75) is 44.7 Å². The lowest BCUT2D eigenvalue weighted by molar-refractivity contribution is -0.175. The van der Waals surface area contributed by atoms with Crippen LogP contribution in [0.15, 0.2) is 24.3 Å². The van der Waals surface area contributed by atoms with E-state index in [2.05, 4.69) is 0 Å². The highest BCUT2D eigenvalue weighted by molar-refractivity contribution is 5.89. The zero-order valence-electron chi connectivity index (χ0n) is 15.8. The predicted octanol–water partition coefficient (Wildman–Crippen LogP) is 2.97. The molecule has 0 radical (unpaired) electrons. The van der Waals surface area contributed by atoms with Crippen LogP contribution >= 0.6 is 0 Å². The van der Waals surface area contributed by atoms with E-state index < -0.39 is 5.79 Å². The third-order valence-corrected chi connectivity index (χ3v) is 4.42. The number of benzene rings is 1. The van der Waals surface area contributed by atoms with E-state index in [1.807, 2.05) is 45.0 Å². The van der Waals surface area contributed by atoms with Crippen molar-refractivity contribution in [2.75, 3.05) is 38.4 Å². The fourth-order valence-corrected chi connectivity index (χ4v) is 3.17. The monoisotopic (exact) mass is 365 g/mol. The molecule has 0 aliphatic carbocycles. The summed E-state index contributed by atoms with van der Waals surface area (Å²) in [7, 11) is 1.59. The average Bonchev–Trinajstić information content (AvgIpc) is 3.08. The van der Waals surface area contributed by atoms with Crippen molar-refractivity contribution in [1.82, 2.24) is 0 Å². The van der Waals surface area contributed by atoms with Gasteiger partial charge in [0.2, 0.25) is 0 Å². The minimum absolute atomic E-state index is 0.236. The third-order valence-electron chi connectivity index (χ3n) is 4.42. The molecule has 144 valence electrons. The van der Waals surface area contributed by atoms with Crippen LogP contribution in [0.1, 0.15) is 27.2 Å². The first-order chi connectivity index (χ1) is 12.3. The van der Waals surface area contributed by atoms with Crippen LogP contribution in [-0.2, 0) is 18.9 Å². The van der Waals surface area contributed by atoms with Crippen LogP contribution in [0.4, 0.5) is 10.5 Å². The van der Waals surface area contributed by atoms with Crippen LogP contribution in [0.25, 0.3) is 0 Å². The molecular formula is C19H27NO6. The Morgan fingerprint density at radius 3 is 2.58 bits per heavy atom. The summed E-state index contributed by atoms with van der Waals surface area (Å²) >= 11 is 0. The summed E-state index contributed by atoms with van der Waals surface area (Å²) in [6, 6.07) is 7.38. The molecule has 0 bridgehead atoms. The van der Waals surface area contributed by atoms with Crippen LogP contribution in [0.3, 0.4) is 0 Å². The van der Waals surface area contributed by atoms with E-state index in [-0.39, 0.29) is 17.8 Å². The normalized spacial score (nSPS) is 27.6. The van der Waals surface area contributed by atoms with E-state index >= 15 is 0 Å². The lowest BCUT2D eigenvalue weighted by Crippen LogP contribution is -2.31. The second-order valence-corrected chi connectivity index (χ2v) is 7.45. The molecule has 0 N–H and O–H groups in total. The van der Waals surface area contributed by atoms with Crippen molar-refractivity contribution in [3.8, 4) is 5.75 Å². The summed E-state index contributed by atoms with van der Waals surface area (Å²) in [5.41, 5.74) is 0.513. The van der Waals surface area contributed by atoms with Gasteiger partial charge in [-0.3, -0.25) is 4.90 Å². The van der Waals surface area contributed by atoms with E-state index in [4.69, 9.17) is 23.7 Å². The van der Waals surface area contributed by atoms with E-state index in [1.54, 1.807) is 12.0 Å². The van der Waals surface area contributed by atoms with Crippen molar-refractivity contribution in [1.29, 1.82) is 0 Å². The number of methoxy groups -OCH3 is 1. The number of anilines is 1. The Labute approximate surface area is 154 Å². The summed E-state index contributed by atoms with van der Waals surface area (Å²) in [6.45, 7) is 7.89. The quantitative estimate of drug-likeness (QED) is 0.740. The Balaban J connectivity index is 1.50. The topological polar surface area (TPSA) is 66.5 Å². The number of cyclic esters (lactones) is 1. The van der Waals surface area contributed by atoms with Gasteiger partial charge in [0.25, 0.3) is 0 Å². The number of carbonyl (C=O) groups excluding carboxylic acids is 1. The summed E-state index contributed by atoms with van der Waals surface area (Å²) in [6.07, 6.45) is 0.0432. The highest BCUT2D eigenvalue weighted by atomic mass is 16.8. The van der Waals surface area contributed by atoms with Gasteiger partial charge in [0.15, 0.2) is 5.79 Å². The molecule has 1 aromatic carbocycles. The molecule has 26 heavy (non-hydrogen) atoms. The van der Waals surface area contributed by atoms with E-state index in [0.29, 0.717) is 32.8 Å². The smallest absolute Gasteiger partial charge is 0.414 e. The Hall–Kier alpha value is -1.83. The van der Waals surface area contributed by atoms with Gasteiger partial charge < -0.3 is 23.7 Å². The molecule has 1 unspecified atom stereocenters. The lowest BCUT2D eigenvalue weighted by Gasteiger charge is -2.25. The van der Waals surface area contributed by atoms with Crippen molar-refractivity contribution in [3.05, 3.63) is 24.3 Å². The van der Waals surface area contributed by atoms with Gasteiger partial charge in [-0.05, 0) is 45.0 Å². The zero-order valence-corrected chi connectivity index (χ0v) is 15.8. The summed E-state index contributed by atoms with van der Waals surface area (Å²) in [5.74, 6) is 0.120.